The maximum Gasteiger partial charge on any atom is 0.411 e. The van der Waals surface area contributed by atoms with Crippen molar-refractivity contribution in [1.82, 2.24) is 0 Å². The molecule has 0 aliphatic heterocycles. The van der Waals surface area contributed by atoms with Crippen molar-refractivity contribution in [3.63, 3.8) is 0 Å². The number of hydrogen-bond acceptors (Lipinski definition) is 1. The summed E-state index contributed by atoms with van der Waals surface area (Å²) in [7, 11) is 0. The van der Waals surface area contributed by atoms with Crippen molar-refractivity contribution in [3.05, 3.63) is 52.7 Å². The average Bonchev–Trinajstić information content (AvgIpc) is 2.26. The number of benzene rings is 1. The Balaban J connectivity index is 2.05. The molecule has 5 heteroatoms. The van der Waals surface area contributed by atoms with Crippen LogP contribution in [0.5, 0.6) is 0 Å². The molecule has 0 fully saturated rings. The van der Waals surface area contributed by atoms with Crippen LogP contribution >= 0.6 is 11.6 Å². The Labute approximate surface area is 116 Å². The number of H-pyrrole nitrogens is 1. The third kappa shape index (κ3) is 3.96. The molecule has 0 aliphatic rings. The van der Waals surface area contributed by atoms with Gasteiger partial charge in [0.15, 0.2) is 0 Å². The molecule has 1 heterocycles. The Morgan fingerprint density at radius 3 is 2.63 bits per heavy atom. The first-order chi connectivity index (χ1) is 9.02. The highest BCUT2D eigenvalue weighted by Gasteiger charge is 2.11. The number of aromatic amines is 1. The molecule has 0 bridgehead atoms. The summed E-state index contributed by atoms with van der Waals surface area (Å²) in [6, 6.07) is 10.5. The Bertz CT molecular complexity index is 593. The normalized spacial score (nSPS) is 10.1. The molecule has 0 spiro atoms. The van der Waals surface area contributed by atoms with Crippen molar-refractivity contribution in [2.24, 2.45) is 0 Å². The SMILES string of the molecule is Cc1cc(C)[nH+]c(NC(=O)Nc2cccc(Cl)c2)c1. The zero-order chi connectivity index (χ0) is 13.8. The fraction of sp³-hybridized carbons (Fsp3) is 0.143. The van der Waals surface area contributed by atoms with Crippen molar-refractivity contribution in [2.45, 2.75) is 13.8 Å². The molecule has 19 heavy (non-hydrogen) atoms. The molecule has 1 aromatic heterocycles. The van der Waals surface area contributed by atoms with Crippen LogP contribution in [0.2, 0.25) is 5.02 Å². The molecule has 0 saturated carbocycles. The summed E-state index contributed by atoms with van der Waals surface area (Å²) in [5.74, 6) is 0.650. The van der Waals surface area contributed by atoms with E-state index < -0.39 is 0 Å². The van der Waals surface area contributed by atoms with Crippen LogP contribution in [0.25, 0.3) is 0 Å². The smallest absolute Gasteiger partial charge is 0.288 e. The topological polar surface area (TPSA) is 55.3 Å². The number of carbonyl (C=O) groups excluding carboxylic acids is 1. The summed E-state index contributed by atoms with van der Waals surface area (Å²) in [4.78, 5) is 14.9. The molecule has 2 rings (SSSR count). The van der Waals surface area contributed by atoms with E-state index in [4.69, 9.17) is 11.6 Å². The van der Waals surface area contributed by atoms with Gasteiger partial charge in [0.05, 0.1) is 5.69 Å². The quantitative estimate of drug-likeness (QED) is 0.868. The number of urea groups is 1. The molecule has 2 aromatic rings. The highest BCUT2D eigenvalue weighted by Crippen LogP contribution is 2.15. The molecule has 1 aromatic carbocycles. The summed E-state index contributed by atoms with van der Waals surface area (Å²) >= 11 is 5.85. The number of halogens is 1. The van der Waals surface area contributed by atoms with Crippen LogP contribution in [0.1, 0.15) is 11.3 Å². The van der Waals surface area contributed by atoms with Crippen molar-refractivity contribution >= 4 is 29.1 Å². The fourth-order valence-electron chi connectivity index (χ4n) is 1.81. The van der Waals surface area contributed by atoms with Gasteiger partial charge in [-0.2, -0.15) is 5.32 Å². The summed E-state index contributed by atoms with van der Waals surface area (Å²) in [5.41, 5.74) is 2.71. The minimum atomic E-state index is -0.316. The summed E-state index contributed by atoms with van der Waals surface area (Å²) in [5, 5.41) is 6.04. The number of pyridine rings is 1. The van der Waals surface area contributed by atoms with Crippen molar-refractivity contribution in [1.29, 1.82) is 0 Å². The van der Waals surface area contributed by atoms with Crippen LogP contribution in [0.15, 0.2) is 36.4 Å². The van der Waals surface area contributed by atoms with E-state index in [1.54, 1.807) is 24.3 Å². The number of aromatic nitrogens is 1. The van der Waals surface area contributed by atoms with Gasteiger partial charge in [0.25, 0.3) is 5.82 Å². The zero-order valence-electron chi connectivity index (χ0n) is 10.8. The van der Waals surface area contributed by atoms with Crippen LogP contribution in [0.4, 0.5) is 16.3 Å². The lowest BCUT2D eigenvalue weighted by Gasteiger charge is -2.03. The summed E-state index contributed by atoms with van der Waals surface area (Å²) < 4.78 is 0. The monoisotopic (exact) mass is 276 g/mol. The first-order valence-electron chi connectivity index (χ1n) is 5.87. The number of anilines is 2. The van der Waals surface area contributed by atoms with Gasteiger partial charge in [-0.05, 0) is 43.7 Å². The van der Waals surface area contributed by atoms with Gasteiger partial charge in [-0.15, -0.1) is 0 Å². The van der Waals surface area contributed by atoms with E-state index in [1.807, 2.05) is 26.0 Å². The summed E-state index contributed by atoms with van der Waals surface area (Å²) in [6.45, 7) is 3.91. The number of hydrogen-bond donors (Lipinski definition) is 2. The molecule has 0 saturated heterocycles. The minimum absolute atomic E-state index is 0.316. The van der Waals surface area contributed by atoms with E-state index in [0.717, 1.165) is 11.3 Å². The van der Waals surface area contributed by atoms with Gasteiger partial charge in [0.2, 0.25) is 0 Å². The van der Waals surface area contributed by atoms with Crippen LogP contribution in [-0.2, 0) is 0 Å². The molecule has 0 unspecified atom stereocenters. The predicted octanol–water partition coefficient (Wildman–Crippen LogP) is 3.41. The molecule has 3 N–H and O–H groups in total. The van der Waals surface area contributed by atoms with Gasteiger partial charge in [-0.25, -0.2) is 9.78 Å². The van der Waals surface area contributed by atoms with Gasteiger partial charge >= 0.3 is 6.03 Å². The summed E-state index contributed by atoms with van der Waals surface area (Å²) in [6.07, 6.45) is 0. The zero-order valence-corrected chi connectivity index (χ0v) is 11.5. The lowest BCUT2D eigenvalue weighted by Crippen LogP contribution is -2.25. The minimum Gasteiger partial charge on any atom is -0.288 e. The first-order valence-corrected chi connectivity index (χ1v) is 6.25. The second-order valence-electron chi connectivity index (χ2n) is 4.34. The van der Waals surface area contributed by atoms with Crippen LogP contribution in [0.3, 0.4) is 0 Å². The Kier molecular flexibility index (Phi) is 4.02. The maximum absolute atomic E-state index is 11.8. The molecule has 2 amide bonds. The van der Waals surface area contributed by atoms with Gasteiger partial charge in [0.1, 0.15) is 0 Å². The van der Waals surface area contributed by atoms with Gasteiger partial charge in [-0.3, -0.25) is 5.32 Å². The molecule has 0 atom stereocenters. The van der Waals surface area contributed by atoms with E-state index in [2.05, 4.69) is 15.6 Å². The second-order valence-corrected chi connectivity index (χ2v) is 4.78. The van der Waals surface area contributed by atoms with Gasteiger partial charge in [0, 0.05) is 16.8 Å². The number of nitrogens with one attached hydrogen (secondary N) is 3. The lowest BCUT2D eigenvalue weighted by molar-refractivity contribution is -0.370. The second kappa shape index (κ2) is 5.71. The highest BCUT2D eigenvalue weighted by molar-refractivity contribution is 6.30. The van der Waals surface area contributed by atoms with Gasteiger partial charge in [-0.1, -0.05) is 17.7 Å². The van der Waals surface area contributed by atoms with Crippen LogP contribution < -0.4 is 15.6 Å². The predicted molar refractivity (Wildman–Crippen MR) is 76.6 cm³/mol. The lowest BCUT2D eigenvalue weighted by atomic mass is 10.2. The number of aryl methyl sites for hydroxylation is 2. The molecular formula is C14H15ClN3O+. The number of amides is 2. The fourth-order valence-corrected chi connectivity index (χ4v) is 2.00. The first kappa shape index (κ1) is 13.4. The molecular weight excluding hydrogens is 262 g/mol. The third-order valence-corrected chi connectivity index (χ3v) is 2.71. The Morgan fingerprint density at radius 2 is 1.95 bits per heavy atom. The molecule has 4 nitrogen and oxygen atoms in total. The number of rotatable bonds is 2. The average molecular weight is 277 g/mol. The van der Waals surface area contributed by atoms with E-state index in [1.165, 1.54) is 0 Å². The number of carbonyl (C=O) groups is 1. The van der Waals surface area contributed by atoms with E-state index in [9.17, 15) is 4.79 Å². The maximum atomic E-state index is 11.8. The Morgan fingerprint density at radius 1 is 1.16 bits per heavy atom. The van der Waals surface area contributed by atoms with E-state index >= 15 is 0 Å². The largest absolute Gasteiger partial charge is 0.411 e. The van der Waals surface area contributed by atoms with E-state index in [0.29, 0.717) is 16.5 Å². The van der Waals surface area contributed by atoms with Crippen molar-refractivity contribution < 1.29 is 9.78 Å². The molecule has 0 aliphatic carbocycles. The van der Waals surface area contributed by atoms with Crippen molar-refractivity contribution in [3.8, 4) is 0 Å². The van der Waals surface area contributed by atoms with Crippen molar-refractivity contribution in [2.75, 3.05) is 10.6 Å². The third-order valence-electron chi connectivity index (χ3n) is 2.48. The van der Waals surface area contributed by atoms with Gasteiger partial charge < -0.3 is 0 Å². The molecule has 98 valence electrons. The van der Waals surface area contributed by atoms with Crippen LogP contribution in [-0.4, -0.2) is 6.03 Å². The molecule has 0 radical (unpaired) electrons. The van der Waals surface area contributed by atoms with E-state index in [-0.39, 0.29) is 6.03 Å². The standard InChI is InChI=1S/C14H14ClN3O/c1-9-6-10(2)16-13(7-9)18-14(19)17-12-5-3-4-11(15)8-12/h3-8H,1-2H3,(H2,16,17,18,19)/p+1. The van der Waals surface area contributed by atoms with Crippen LogP contribution in [0, 0.1) is 13.8 Å². The highest BCUT2D eigenvalue weighted by atomic mass is 35.5. The Hall–Kier alpha value is -2.07.